The molecule has 0 aliphatic rings. The monoisotopic (exact) mass is 327 g/mol. The van der Waals surface area contributed by atoms with E-state index in [9.17, 15) is 4.79 Å². The second-order valence-corrected chi connectivity index (χ2v) is 2.41. The number of nitrogens with one attached hydrogen (secondary N) is 1. The van der Waals surface area contributed by atoms with Gasteiger partial charge in [0.25, 0.3) is 0 Å². The molecule has 1 aromatic carbocycles. The van der Waals surface area contributed by atoms with E-state index in [0.717, 1.165) is 10.9 Å². The van der Waals surface area contributed by atoms with E-state index in [1.54, 1.807) is 0 Å². The molecule has 0 fully saturated rings. The van der Waals surface area contributed by atoms with Crippen molar-refractivity contribution in [1.29, 1.82) is 0 Å². The number of benzene rings is 1. The van der Waals surface area contributed by atoms with Crippen molar-refractivity contribution in [2.24, 2.45) is 0 Å². The second kappa shape index (κ2) is 7.45. The number of pyridine rings is 1. The summed E-state index contributed by atoms with van der Waals surface area (Å²) in [6, 6.07) is 11.0. The summed E-state index contributed by atoms with van der Waals surface area (Å²) >= 11 is 0. The van der Waals surface area contributed by atoms with Crippen LogP contribution in [0.5, 0.6) is 0 Å². The molecular formula is C9H7Br2MgNO. The fourth-order valence-corrected chi connectivity index (χ4v) is 1.10. The van der Waals surface area contributed by atoms with Gasteiger partial charge in [0, 0.05) is 11.6 Å². The topological polar surface area (TPSA) is 32.9 Å². The molecule has 0 bridgehead atoms. The molecule has 14 heavy (non-hydrogen) atoms. The maximum atomic E-state index is 10.8. The van der Waals surface area contributed by atoms with Crippen molar-refractivity contribution in [2.75, 3.05) is 0 Å². The van der Waals surface area contributed by atoms with Gasteiger partial charge in [-0.05, 0) is 17.5 Å². The largest absolute Gasteiger partial charge is 2.00 e. The van der Waals surface area contributed by atoms with E-state index in [2.05, 4.69) is 4.98 Å². The van der Waals surface area contributed by atoms with Crippen LogP contribution in [0, 0.1) is 0 Å². The van der Waals surface area contributed by atoms with Crippen LogP contribution >= 0.6 is 0 Å². The van der Waals surface area contributed by atoms with Crippen molar-refractivity contribution in [2.45, 2.75) is 0 Å². The van der Waals surface area contributed by atoms with Gasteiger partial charge in [0.05, 0.1) is 0 Å². The Kier molecular flexibility index (Phi) is 8.82. The minimum atomic E-state index is -0.0521. The number of aromatic amines is 1. The summed E-state index contributed by atoms with van der Waals surface area (Å²) < 4.78 is 0. The number of fused-ring (bicyclic) bond motifs is 1. The average Bonchev–Trinajstić information content (AvgIpc) is 2.04. The summed E-state index contributed by atoms with van der Waals surface area (Å²) in [7, 11) is 0. The summed E-state index contributed by atoms with van der Waals surface area (Å²) in [5.74, 6) is 0. The molecule has 0 saturated carbocycles. The Morgan fingerprint density at radius 3 is 2.29 bits per heavy atom. The maximum Gasteiger partial charge on any atom is 2.00 e. The predicted octanol–water partition coefficient (Wildman–Crippen LogP) is -4.84. The Morgan fingerprint density at radius 2 is 1.57 bits per heavy atom. The molecule has 0 unspecified atom stereocenters. The van der Waals surface area contributed by atoms with Crippen LogP contribution in [0.25, 0.3) is 10.9 Å². The summed E-state index contributed by atoms with van der Waals surface area (Å²) in [6.45, 7) is 0. The van der Waals surface area contributed by atoms with Crippen LogP contribution < -0.4 is 39.5 Å². The van der Waals surface area contributed by atoms with Crippen molar-refractivity contribution in [1.82, 2.24) is 4.98 Å². The predicted molar refractivity (Wildman–Crippen MR) is 50.3 cm³/mol. The molecule has 0 amide bonds. The quantitative estimate of drug-likeness (QED) is 0.484. The van der Waals surface area contributed by atoms with Gasteiger partial charge in [-0.2, -0.15) is 0 Å². The number of halogens is 2. The molecule has 1 heterocycles. The summed E-state index contributed by atoms with van der Waals surface area (Å²) in [4.78, 5) is 13.6. The van der Waals surface area contributed by atoms with Crippen LogP contribution in [0.2, 0.25) is 0 Å². The van der Waals surface area contributed by atoms with Gasteiger partial charge in [-0.15, -0.1) is 0 Å². The molecule has 2 aromatic rings. The van der Waals surface area contributed by atoms with E-state index >= 15 is 0 Å². The van der Waals surface area contributed by atoms with Gasteiger partial charge in [-0.25, -0.2) is 0 Å². The molecule has 0 radical (unpaired) electrons. The van der Waals surface area contributed by atoms with Crippen molar-refractivity contribution in [3.8, 4) is 0 Å². The molecule has 0 aliphatic heterocycles. The van der Waals surface area contributed by atoms with Crippen LogP contribution in [0.4, 0.5) is 0 Å². The molecule has 5 heteroatoms. The summed E-state index contributed by atoms with van der Waals surface area (Å²) in [6.07, 6.45) is 0. The zero-order valence-electron chi connectivity index (χ0n) is 7.34. The number of hydrogen-bond acceptors (Lipinski definition) is 1. The van der Waals surface area contributed by atoms with E-state index in [0.29, 0.717) is 0 Å². The van der Waals surface area contributed by atoms with E-state index in [4.69, 9.17) is 0 Å². The van der Waals surface area contributed by atoms with Gasteiger partial charge in [-0.3, -0.25) is 4.79 Å². The third kappa shape index (κ3) is 3.72. The molecule has 0 spiro atoms. The smallest absolute Gasteiger partial charge is 1.00 e. The van der Waals surface area contributed by atoms with Crippen molar-refractivity contribution in [3.05, 3.63) is 46.8 Å². The first-order chi connectivity index (χ1) is 5.36. The Labute approximate surface area is 119 Å². The molecule has 0 atom stereocenters. The van der Waals surface area contributed by atoms with E-state index in [-0.39, 0.29) is 62.6 Å². The number of aromatic nitrogens is 1. The van der Waals surface area contributed by atoms with Gasteiger partial charge in [0.2, 0.25) is 5.56 Å². The average molecular weight is 329 g/mol. The summed E-state index contributed by atoms with van der Waals surface area (Å²) in [5, 5.41) is 1.06. The molecule has 1 aromatic heterocycles. The normalized spacial score (nSPS) is 8.00. The van der Waals surface area contributed by atoms with E-state index in [1.165, 1.54) is 6.07 Å². The van der Waals surface area contributed by atoms with Crippen LogP contribution in [0.3, 0.4) is 0 Å². The van der Waals surface area contributed by atoms with Gasteiger partial charge < -0.3 is 38.9 Å². The minimum Gasteiger partial charge on any atom is -1.00 e. The zero-order chi connectivity index (χ0) is 7.68. The third-order valence-electron chi connectivity index (χ3n) is 1.63. The van der Waals surface area contributed by atoms with Gasteiger partial charge in [-0.1, -0.05) is 18.2 Å². The first kappa shape index (κ1) is 16.6. The number of hydrogen-bond donors (Lipinski definition) is 1. The van der Waals surface area contributed by atoms with Gasteiger partial charge in [0.15, 0.2) is 0 Å². The summed E-state index contributed by atoms with van der Waals surface area (Å²) in [5.41, 5.74) is 0.837. The molecule has 70 valence electrons. The Balaban J connectivity index is 0. The molecule has 2 rings (SSSR count). The van der Waals surface area contributed by atoms with Gasteiger partial charge >= 0.3 is 23.1 Å². The Hall–Kier alpha value is 0.156. The standard InChI is InChI=1S/C9H7NO.2BrH.Mg/c11-9-6-5-7-3-1-2-4-8(7)10-9;;;/h1-6H,(H,10,11);2*1H;/q;;;+2/p-2. The molecule has 2 nitrogen and oxygen atoms in total. The van der Waals surface area contributed by atoms with Crippen LogP contribution in [0.15, 0.2) is 41.2 Å². The minimum absolute atomic E-state index is 0. The third-order valence-corrected chi connectivity index (χ3v) is 1.63. The SMILES string of the molecule is O=c1ccc2ccccc2[nH]1.[Br-].[Br-].[Mg+2]. The van der Waals surface area contributed by atoms with E-state index < -0.39 is 0 Å². The Morgan fingerprint density at radius 1 is 0.929 bits per heavy atom. The number of para-hydroxylation sites is 1. The maximum absolute atomic E-state index is 10.8. The number of rotatable bonds is 0. The molecular weight excluding hydrogens is 322 g/mol. The first-order valence-corrected chi connectivity index (χ1v) is 3.44. The zero-order valence-corrected chi connectivity index (χ0v) is 11.9. The molecule has 1 N–H and O–H groups in total. The van der Waals surface area contributed by atoms with Crippen molar-refractivity contribution < 1.29 is 34.0 Å². The van der Waals surface area contributed by atoms with Crippen molar-refractivity contribution in [3.63, 3.8) is 0 Å². The van der Waals surface area contributed by atoms with E-state index in [1.807, 2.05) is 30.3 Å². The fraction of sp³-hybridized carbons (Fsp3) is 0. The fourth-order valence-electron chi connectivity index (χ4n) is 1.10. The van der Waals surface area contributed by atoms with Crippen LogP contribution in [-0.2, 0) is 0 Å². The van der Waals surface area contributed by atoms with Crippen molar-refractivity contribution >= 4 is 34.0 Å². The second-order valence-electron chi connectivity index (χ2n) is 2.41. The molecule has 0 saturated heterocycles. The molecule has 0 aliphatic carbocycles. The van der Waals surface area contributed by atoms with Crippen LogP contribution in [0.1, 0.15) is 0 Å². The van der Waals surface area contributed by atoms with Crippen LogP contribution in [-0.4, -0.2) is 28.0 Å². The number of H-pyrrole nitrogens is 1. The van der Waals surface area contributed by atoms with Gasteiger partial charge in [0.1, 0.15) is 0 Å². The Bertz CT molecular complexity index is 444. The first-order valence-electron chi connectivity index (χ1n) is 3.44.